The molecule has 1 saturated carbocycles. The number of nitrogens with one attached hydrogen (secondary N) is 1. The minimum atomic E-state index is -0.120. The Balaban J connectivity index is 1.58. The molecule has 0 bridgehead atoms. The molecule has 1 aliphatic carbocycles. The van der Waals surface area contributed by atoms with E-state index in [1.807, 2.05) is 18.2 Å². The van der Waals surface area contributed by atoms with Crippen molar-refractivity contribution in [2.45, 2.75) is 57.2 Å². The lowest BCUT2D eigenvalue weighted by Gasteiger charge is -2.41. The summed E-state index contributed by atoms with van der Waals surface area (Å²) >= 11 is 0. The van der Waals surface area contributed by atoms with Gasteiger partial charge < -0.3 is 28.4 Å². The Morgan fingerprint density at radius 1 is 0.818 bits per heavy atom. The SMILES string of the molecule is COc1cc([C@H]2c3cc4c(cc3O[C@H](NC3CCCCC3)[C@@H]2C)OCO4)cc(OC)c1OC. The Kier molecular flexibility index (Phi) is 6.15. The van der Waals surface area contributed by atoms with Crippen LogP contribution in [0.25, 0.3) is 0 Å². The van der Waals surface area contributed by atoms with E-state index in [9.17, 15) is 0 Å². The molecule has 0 radical (unpaired) electrons. The predicted octanol–water partition coefficient (Wildman–Crippen LogP) is 4.85. The van der Waals surface area contributed by atoms with E-state index in [4.69, 9.17) is 28.4 Å². The van der Waals surface area contributed by atoms with Crippen molar-refractivity contribution in [1.82, 2.24) is 5.32 Å². The van der Waals surface area contributed by atoms with Gasteiger partial charge in [0, 0.05) is 29.5 Å². The Bertz CT molecular complexity index is 978. The largest absolute Gasteiger partial charge is 0.493 e. The molecular formula is C26H33NO6. The molecule has 33 heavy (non-hydrogen) atoms. The number of hydrogen-bond donors (Lipinski definition) is 1. The van der Waals surface area contributed by atoms with E-state index in [-0.39, 0.29) is 24.9 Å². The van der Waals surface area contributed by atoms with E-state index >= 15 is 0 Å². The Morgan fingerprint density at radius 3 is 2.12 bits per heavy atom. The molecule has 0 unspecified atom stereocenters. The maximum absolute atomic E-state index is 6.55. The second-order valence-corrected chi connectivity index (χ2v) is 9.08. The lowest BCUT2D eigenvalue weighted by Crippen LogP contribution is -2.50. The van der Waals surface area contributed by atoms with Crippen molar-refractivity contribution in [2.75, 3.05) is 28.1 Å². The first-order valence-electron chi connectivity index (χ1n) is 11.8. The topological polar surface area (TPSA) is 67.4 Å². The van der Waals surface area contributed by atoms with Gasteiger partial charge in [-0.2, -0.15) is 0 Å². The molecule has 1 N–H and O–H groups in total. The zero-order chi connectivity index (χ0) is 22.9. The summed E-state index contributed by atoms with van der Waals surface area (Å²) in [6.07, 6.45) is 6.11. The van der Waals surface area contributed by atoms with Crippen molar-refractivity contribution in [2.24, 2.45) is 5.92 Å². The third-order valence-electron chi connectivity index (χ3n) is 7.15. The third kappa shape index (κ3) is 4.03. The molecule has 1 fully saturated rings. The Hall–Kier alpha value is -2.80. The van der Waals surface area contributed by atoms with E-state index in [0.29, 0.717) is 23.3 Å². The summed E-state index contributed by atoms with van der Waals surface area (Å²) in [6.45, 7) is 2.47. The first kappa shape index (κ1) is 22.0. The highest BCUT2D eigenvalue weighted by molar-refractivity contribution is 5.60. The van der Waals surface area contributed by atoms with Crippen LogP contribution in [0.4, 0.5) is 0 Å². The number of hydrogen-bond acceptors (Lipinski definition) is 7. The average molecular weight is 456 g/mol. The zero-order valence-corrected chi connectivity index (χ0v) is 19.8. The monoisotopic (exact) mass is 455 g/mol. The van der Waals surface area contributed by atoms with Crippen LogP contribution in [-0.4, -0.2) is 40.4 Å². The van der Waals surface area contributed by atoms with Gasteiger partial charge in [0.1, 0.15) is 5.75 Å². The first-order chi connectivity index (χ1) is 16.1. The highest BCUT2D eigenvalue weighted by Gasteiger charge is 2.40. The standard InChI is InChI=1S/C26H33NO6/c1-15-24(16-10-22(28-2)25(30-4)23(11-16)29-3)18-12-20-21(32-14-31-20)13-19(18)33-26(15)27-17-8-6-5-7-9-17/h10-13,15,17,24,26-27H,5-9,14H2,1-4H3/t15-,24+,26+/m1/s1. The molecule has 3 atom stereocenters. The van der Waals surface area contributed by atoms with E-state index in [2.05, 4.69) is 18.3 Å². The van der Waals surface area contributed by atoms with Crippen molar-refractivity contribution in [3.05, 3.63) is 35.4 Å². The van der Waals surface area contributed by atoms with Crippen LogP contribution in [0.1, 0.15) is 56.1 Å². The molecule has 7 heteroatoms. The fraction of sp³-hybridized carbons (Fsp3) is 0.538. The fourth-order valence-corrected chi connectivity index (χ4v) is 5.44. The normalized spacial score (nSPS) is 24.1. The summed E-state index contributed by atoms with van der Waals surface area (Å²) in [4.78, 5) is 0. The fourth-order valence-electron chi connectivity index (χ4n) is 5.44. The van der Waals surface area contributed by atoms with Gasteiger partial charge in [0.25, 0.3) is 0 Å². The van der Waals surface area contributed by atoms with Crippen LogP contribution >= 0.6 is 0 Å². The molecule has 0 aromatic heterocycles. The molecular weight excluding hydrogens is 422 g/mol. The van der Waals surface area contributed by atoms with Crippen LogP contribution in [0.3, 0.4) is 0 Å². The van der Waals surface area contributed by atoms with Crippen LogP contribution in [0.2, 0.25) is 0 Å². The van der Waals surface area contributed by atoms with E-state index < -0.39 is 0 Å². The maximum atomic E-state index is 6.55. The van der Waals surface area contributed by atoms with Crippen molar-refractivity contribution in [1.29, 1.82) is 0 Å². The van der Waals surface area contributed by atoms with Gasteiger partial charge in [0.2, 0.25) is 12.5 Å². The van der Waals surface area contributed by atoms with Crippen molar-refractivity contribution < 1.29 is 28.4 Å². The molecule has 178 valence electrons. The number of fused-ring (bicyclic) bond motifs is 2. The number of methoxy groups -OCH3 is 3. The molecule has 0 saturated heterocycles. The minimum absolute atomic E-state index is 0.0399. The number of ether oxygens (including phenoxy) is 6. The van der Waals surface area contributed by atoms with Crippen LogP contribution in [-0.2, 0) is 0 Å². The second-order valence-electron chi connectivity index (χ2n) is 9.08. The van der Waals surface area contributed by atoms with Crippen LogP contribution in [0.15, 0.2) is 24.3 Å². The predicted molar refractivity (Wildman–Crippen MR) is 124 cm³/mol. The van der Waals surface area contributed by atoms with Gasteiger partial charge in [-0.3, -0.25) is 5.32 Å². The minimum Gasteiger partial charge on any atom is -0.493 e. The Morgan fingerprint density at radius 2 is 1.48 bits per heavy atom. The maximum Gasteiger partial charge on any atom is 0.231 e. The first-order valence-corrected chi connectivity index (χ1v) is 11.8. The summed E-state index contributed by atoms with van der Waals surface area (Å²) < 4.78 is 34.8. The third-order valence-corrected chi connectivity index (χ3v) is 7.15. The van der Waals surface area contributed by atoms with Crippen molar-refractivity contribution >= 4 is 0 Å². The van der Waals surface area contributed by atoms with E-state index in [1.54, 1.807) is 21.3 Å². The van der Waals surface area contributed by atoms with Crippen LogP contribution in [0.5, 0.6) is 34.5 Å². The lowest BCUT2D eigenvalue weighted by molar-refractivity contribution is 0.0621. The van der Waals surface area contributed by atoms with Gasteiger partial charge in [0.15, 0.2) is 29.2 Å². The summed E-state index contributed by atoms with van der Waals surface area (Å²) in [5.41, 5.74) is 2.15. The molecule has 7 nitrogen and oxygen atoms in total. The molecule has 5 rings (SSSR count). The van der Waals surface area contributed by atoms with Crippen molar-refractivity contribution in [3.63, 3.8) is 0 Å². The van der Waals surface area contributed by atoms with Gasteiger partial charge in [-0.1, -0.05) is 26.2 Å². The summed E-state index contributed by atoms with van der Waals surface area (Å²) in [7, 11) is 4.92. The quantitative estimate of drug-likeness (QED) is 0.668. The van der Waals surface area contributed by atoms with Crippen LogP contribution in [0, 0.1) is 5.92 Å². The molecule has 0 amide bonds. The molecule has 3 aliphatic rings. The molecule has 0 spiro atoms. The highest BCUT2D eigenvalue weighted by atomic mass is 16.7. The summed E-state index contributed by atoms with van der Waals surface area (Å²) in [5, 5.41) is 3.81. The molecule has 2 aliphatic heterocycles. The highest BCUT2D eigenvalue weighted by Crippen LogP contribution is 2.51. The lowest BCUT2D eigenvalue weighted by atomic mass is 9.78. The molecule has 2 heterocycles. The summed E-state index contributed by atoms with van der Waals surface area (Å²) in [5.74, 6) is 4.37. The Labute approximate surface area is 195 Å². The van der Waals surface area contributed by atoms with Gasteiger partial charge in [0.05, 0.1) is 21.3 Å². The van der Waals surface area contributed by atoms with Gasteiger partial charge in [-0.25, -0.2) is 0 Å². The number of rotatable bonds is 6. The van der Waals surface area contributed by atoms with E-state index in [0.717, 1.165) is 28.4 Å². The van der Waals surface area contributed by atoms with Crippen LogP contribution < -0.4 is 33.7 Å². The van der Waals surface area contributed by atoms with E-state index in [1.165, 1.54) is 32.1 Å². The van der Waals surface area contributed by atoms with Gasteiger partial charge in [-0.15, -0.1) is 0 Å². The zero-order valence-electron chi connectivity index (χ0n) is 19.8. The second kappa shape index (κ2) is 9.21. The number of benzene rings is 2. The summed E-state index contributed by atoms with van der Waals surface area (Å²) in [6, 6.07) is 8.57. The van der Waals surface area contributed by atoms with Gasteiger partial charge in [-0.05, 0) is 36.6 Å². The molecule has 2 aromatic carbocycles. The molecule has 2 aromatic rings. The van der Waals surface area contributed by atoms with Gasteiger partial charge >= 0.3 is 0 Å². The smallest absolute Gasteiger partial charge is 0.231 e. The average Bonchev–Trinajstić information content (AvgIpc) is 3.30. The van der Waals surface area contributed by atoms with Crippen molar-refractivity contribution in [3.8, 4) is 34.5 Å².